The summed E-state index contributed by atoms with van der Waals surface area (Å²) in [5, 5.41) is 7.15. The Morgan fingerprint density at radius 1 is 1.43 bits per heavy atom. The Morgan fingerprint density at radius 3 is 2.91 bits per heavy atom. The number of carbonyl (C=O) groups excluding carboxylic acids is 1. The third kappa shape index (κ3) is 3.20. The van der Waals surface area contributed by atoms with Crippen LogP contribution in [0.5, 0.6) is 0 Å². The number of fused-ring (bicyclic) bond motifs is 1. The van der Waals surface area contributed by atoms with E-state index in [1.165, 1.54) is 0 Å². The molecule has 1 aliphatic rings. The highest BCUT2D eigenvalue weighted by Crippen LogP contribution is 2.17. The van der Waals surface area contributed by atoms with Gasteiger partial charge in [0.15, 0.2) is 17.3 Å². The maximum atomic E-state index is 13.6. The molecule has 1 aliphatic heterocycles. The number of rotatable bonds is 3. The van der Waals surface area contributed by atoms with Crippen LogP contribution in [0.25, 0.3) is 0 Å². The monoisotopic (exact) mass is 321 g/mol. The lowest BCUT2D eigenvalue weighted by Crippen LogP contribution is -2.41. The maximum Gasteiger partial charge on any atom is 0.273 e. The lowest BCUT2D eigenvalue weighted by atomic mass is 10.1. The van der Waals surface area contributed by atoms with Gasteiger partial charge >= 0.3 is 0 Å². The van der Waals surface area contributed by atoms with E-state index in [9.17, 15) is 13.6 Å². The first-order chi connectivity index (χ1) is 10.9. The summed E-state index contributed by atoms with van der Waals surface area (Å²) in [4.78, 5) is 20.1. The molecule has 3 rings (SSSR count). The predicted molar refractivity (Wildman–Crippen MR) is 77.8 cm³/mol. The van der Waals surface area contributed by atoms with E-state index in [2.05, 4.69) is 20.4 Å². The summed E-state index contributed by atoms with van der Waals surface area (Å²) in [5.41, 5.74) is -0.404. The van der Waals surface area contributed by atoms with Crippen molar-refractivity contribution in [2.24, 2.45) is 0 Å². The number of aromatic nitrogens is 4. The summed E-state index contributed by atoms with van der Waals surface area (Å²) in [6, 6.07) is 0.454. The van der Waals surface area contributed by atoms with Crippen molar-refractivity contribution in [2.45, 2.75) is 45.2 Å². The second-order valence-corrected chi connectivity index (χ2v) is 5.92. The van der Waals surface area contributed by atoms with Gasteiger partial charge in [0.05, 0.1) is 12.7 Å². The van der Waals surface area contributed by atoms with Crippen LogP contribution in [0.4, 0.5) is 8.78 Å². The van der Waals surface area contributed by atoms with Crippen LogP contribution in [0.1, 0.15) is 48.3 Å². The molecule has 1 N–H and O–H groups in total. The molecule has 0 saturated carbocycles. The van der Waals surface area contributed by atoms with Crippen molar-refractivity contribution < 1.29 is 13.6 Å². The zero-order valence-corrected chi connectivity index (χ0v) is 12.9. The molecule has 6 nitrogen and oxygen atoms in total. The third-order valence-corrected chi connectivity index (χ3v) is 3.75. The first kappa shape index (κ1) is 15.5. The van der Waals surface area contributed by atoms with Gasteiger partial charge in [-0.25, -0.2) is 23.4 Å². The van der Waals surface area contributed by atoms with Crippen LogP contribution < -0.4 is 5.32 Å². The Balaban J connectivity index is 1.70. The Morgan fingerprint density at radius 2 is 2.22 bits per heavy atom. The van der Waals surface area contributed by atoms with E-state index < -0.39 is 23.2 Å². The van der Waals surface area contributed by atoms with Gasteiger partial charge in [-0.3, -0.25) is 4.79 Å². The summed E-state index contributed by atoms with van der Waals surface area (Å²) in [7, 11) is 0. The Kier molecular flexibility index (Phi) is 4.06. The second-order valence-electron chi connectivity index (χ2n) is 5.92. The van der Waals surface area contributed by atoms with Gasteiger partial charge < -0.3 is 5.32 Å². The van der Waals surface area contributed by atoms with Crippen LogP contribution in [0.15, 0.2) is 12.3 Å². The minimum Gasteiger partial charge on any atom is -0.346 e. The van der Waals surface area contributed by atoms with E-state index in [1.54, 1.807) is 4.68 Å². The fourth-order valence-corrected chi connectivity index (χ4v) is 2.53. The summed E-state index contributed by atoms with van der Waals surface area (Å²) in [6.07, 6.45) is 2.19. The second kappa shape index (κ2) is 6.02. The van der Waals surface area contributed by atoms with Crippen LogP contribution >= 0.6 is 0 Å². The van der Waals surface area contributed by atoms with E-state index in [1.807, 2.05) is 13.8 Å². The molecule has 8 heteroatoms. The number of hydrogen-bond donors (Lipinski definition) is 1. The van der Waals surface area contributed by atoms with Gasteiger partial charge in [0.1, 0.15) is 11.6 Å². The first-order valence-corrected chi connectivity index (χ1v) is 7.49. The summed E-state index contributed by atoms with van der Waals surface area (Å²) >= 11 is 0. The van der Waals surface area contributed by atoms with Crippen molar-refractivity contribution >= 4 is 5.91 Å². The minimum atomic E-state index is -0.971. The van der Waals surface area contributed by atoms with Gasteiger partial charge in [-0.1, -0.05) is 13.8 Å². The molecule has 0 fully saturated rings. The number of amides is 1. The minimum absolute atomic E-state index is 0.192. The lowest BCUT2D eigenvalue weighted by Gasteiger charge is -2.23. The quantitative estimate of drug-likeness (QED) is 0.936. The number of carbonyl (C=O) groups is 1. The molecule has 2 aromatic heterocycles. The maximum absolute atomic E-state index is 13.6. The van der Waals surface area contributed by atoms with Crippen molar-refractivity contribution in [3.63, 3.8) is 0 Å². The lowest BCUT2D eigenvalue weighted by molar-refractivity contribution is 0.0916. The van der Waals surface area contributed by atoms with Crippen molar-refractivity contribution in [3.8, 4) is 0 Å². The van der Waals surface area contributed by atoms with Gasteiger partial charge in [-0.05, 0) is 6.42 Å². The first-order valence-electron chi connectivity index (χ1n) is 7.49. The highest BCUT2D eigenvalue weighted by Gasteiger charge is 2.25. The number of hydrogen-bond acceptors (Lipinski definition) is 4. The Hall–Kier alpha value is -2.38. The van der Waals surface area contributed by atoms with Crippen molar-refractivity contribution in [2.75, 3.05) is 0 Å². The molecular formula is C15H17F2N5O. The molecular weight excluding hydrogens is 304 g/mol. The largest absolute Gasteiger partial charge is 0.346 e. The van der Waals surface area contributed by atoms with Crippen LogP contribution in [0.2, 0.25) is 0 Å². The van der Waals surface area contributed by atoms with E-state index in [4.69, 9.17) is 0 Å². The molecule has 122 valence electrons. The number of nitrogens with one attached hydrogen (secondary N) is 1. The third-order valence-electron chi connectivity index (χ3n) is 3.75. The molecule has 1 atom stereocenters. The van der Waals surface area contributed by atoms with E-state index in [0.29, 0.717) is 25.5 Å². The van der Waals surface area contributed by atoms with Crippen molar-refractivity contribution in [3.05, 3.63) is 41.2 Å². The molecule has 0 bridgehead atoms. The highest BCUT2D eigenvalue weighted by atomic mass is 19.1. The standard InChI is InChI=1S/C15H17F2N5O/c1-8(2)14-20-12-4-3-10(7-22(12)21-14)19-15(23)13-11(17)5-9(16)6-18-13/h5-6,8,10H,3-4,7H2,1-2H3,(H,19,23)/t10-/m0/s1. The summed E-state index contributed by atoms with van der Waals surface area (Å²) in [5.74, 6) is -0.533. The normalized spacial score (nSPS) is 17.2. The molecule has 0 radical (unpaired) electrons. The topological polar surface area (TPSA) is 72.7 Å². The molecule has 1 amide bonds. The van der Waals surface area contributed by atoms with Gasteiger partial charge in [0.25, 0.3) is 5.91 Å². The average molecular weight is 321 g/mol. The van der Waals surface area contributed by atoms with E-state index in [-0.39, 0.29) is 12.0 Å². The summed E-state index contributed by atoms with van der Waals surface area (Å²) in [6.45, 7) is 4.51. The molecule has 23 heavy (non-hydrogen) atoms. The molecule has 2 aromatic rings. The molecule has 3 heterocycles. The van der Waals surface area contributed by atoms with Gasteiger partial charge in [0.2, 0.25) is 0 Å². The van der Waals surface area contributed by atoms with Gasteiger partial charge in [-0.2, -0.15) is 5.10 Å². The Bertz CT molecular complexity index is 743. The van der Waals surface area contributed by atoms with E-state index >= 15 is 0 Å². The van der Waals surface area contributed by atoms with Crippen LogP contribution in [0.3, 0.4) is 0 Å². The molecule has 0 unspecified atom stereocenters. The van der Waals surface area contributed by atoms with E-state index in [0.717, 1.165) is 17.8 Å². The smallest absolute Gasteiger partial charge is 0.273 e. The van der Waals surface area contributed by atoms with Crippen LogP contribution in [-0.4, -0.2) is 31.7 Å². The number of pyridine rings is 1. The zero-order chi connectivity index (χ0) is 16.6. The molecule has 0 saturated heterocycles. The fraction of sp³-hybridized carbons (Fsp3) is 0.467. The molecule has 0 aliphatic carbocycles. The number of halogens is 2. The van der Waals surface area contributed by atoms with Crippen LogP contribution in [-0.2, 0) is 13.0 Å². The van der Waals surface area contributed by atoms with Gasteiger partial charge in [0, 0.05) is 24.4 Å². The zero-order valence-electron chi connectivity index (χ0n) is 12.9. The number of aryl methyl sites for hydroxylation is 1. The molecule has 0 spiro atoms. The van der Waals surface area contributed by atoms with Crippen molar-refractivity contribution in [1.29, 1.82) is 0 Å². The highest BCUT2D eigenvalue weighted by molar-refractivity contribution is 5.92. The molecule has 0 aromatic carbocycles. The van der Waals surface area contributed by atoms with Crippen molar-refractivity contribution in [1.82, 2.24) is 25.1 Å². The summed E-state index contributed by atoms with van der Waals surface area (Å²) < 4.78 is 28.2. The predicted octanol–water partition coefficient (Wildman–Crippen LogP) is 1.82. The average Bonchev–Trinajstić information content (AvgIpc) is 2.90. The Labute approximate surface area is 131 Å². The number of nitrogens with zero attached hydrogens (tertiary/aromatic N) is 4. The SMILES string of the molecule is CC(C)c1nc2n(n1)C[C@@H](NC(=O)c1ncc(F)cc1F)CC2. The van der Waals surface area contributed by atoms with Crippen LogP contribution in [0, 0.1) is 11.6 Å². The van der Waals surface area contributed by atoms with Gasteiger partial charge in [-0.15, -0.1) is 0 Å². The fourth-order valence-electron chi connectivity index (χ4n) is 2.53.